The Morgan fingerprint density at radius 3 is 1.68 bits per heavy atom. The molecule has 1 atom stereocenters. The van der Waals surface area contributed by atoms with Crippen molar-refractivity contribution in [3.63, 3.8) is 0 Å². The summed E-state index contributed by atoms with van der Waals surface area (Å²) in [4.78, 5) is 0. The number of hydrogen-bond donors (Lipinski definition) is 1. The van der Waals surface area contributed by atoms with Gasteiger partial charge in [0.1, 0.15) is 0 Å². The van der Waals surface area contributed by atoms with Crippen molar-refractivity contribution >= 4 is 0 Å². The molecule has 1 aliphatic carbocycles. The van der Waals surface area contributed by atoms with Crippen LogP contribution in [0.15, 0.2) is 84.9 Å². The van der Waals surface area contributed by atoms with Crippen LogP contribution < -0.4 is 0 Å². The van der Waals surface area contributed by atoms with Crippen LogP contribution in [0.25, 0.3) is 0 Å². The van der Waals surface area contributed by atoms with Crippen molar-refractivity contribution in [2.45, 2.75) is 37.2 Å². The van der Waals surface area contributed by atoms with Gasteiger partial charge in [0, 0.05) is 5.41 Å². The van der Waals surface area contributed by atoms with Crippen LogP contribution in [0.1, 0.15) is 48.4 Å². The van der Waals surface area contributed by atoms with Gasteiger partial charge in [-0.05, 0) is 48.4 Å². The fourth-order valence-electron chi connectivity index (χ4n) is 4.06. The summed E-state index contributed by atoms with van der Waals surface area (Å²) in [6.45, 7) is 3.66. The zero-order valence-electron chi connectivity index (χ0n) is 14.8. The summed E-state index contributed by atoms with van der Waals surface area (Å²) in [5.74, 6) is 0.480. The highest BCUT2D eigenvalue weighted by atomic mass is 16.3. The maximum absolute atomic E-state index is 10.2. The highest BCUT2D eigenvalue weighted by Gasteiger charge is 2.56. The summed E-state index contributed by atoms with van der Waals surface area (Å²) in [6, 6.07) is 30.2. The van der Waals surface area contributed by atoms with Crippen LogP contribution in [0.4, 0.5) is 0 Å². The van der Waals surface area contributed by atoms with Crippen LogP contribution >= 0.6 is 0 Å². The van der Waals surface area contributed by atoms with E-state index in [0.717, 1.165) is 12.0 Å². The minimum Gasteiger partial charge on any atom is -0.386 e. The second-order valence-corrected chi connectivity index (χ2v) is 7.64. The van der Waals surface area contributed by atoms with E-state index >= 15 is 0 Å². The van der Waals surface area contributed by atoms with Gasteiger partial charge in [-0.1, -0.05) is 84.9 Å². The lowest BCUT2D eigenvalue weighted by Gasteiger charge is -2.21. The molecule has 1 saturated carbocycles. The lowest BCUT2D eigenvalue weighted by molar-refractivity contribution is 0.0786. The molecule has 1 N–H and O–H groups in total. The minimum atomic E-state index is -0.794. The Kier molecular flexibility index (Phi) is 3.77. The molecule has 25 heavy (non-hydrogen) atoms. The molecule has 3 aromatic carbocycles. The molecule has 1 unspecified atom stereocenters. The largest absolute Gasteiger partial charge is 0.386 e. The Bertz CT molecular complexity index is 803. The van der Waals surface area contributed by atoms with Gasteiger partial charge in [0.05, 0.1) is 5.60 Å². The lowest BCUT2D eigenvalue weighted by atomic mass is 9.84. The van der Waals surface area contributed by atoms with Crippen LogP contribution in [0.3, 0.4) is 0 Å². The van der Waals surface area contributed by atoms with E-state index in [9.17, 15) is 5.11 Å². The Balaban J connectivity index is 1.74. The van der Waals surface area contributed by atoms with Gasteiger partial charge in [-0.3, -0.25) is 0 Å². The number of benzene rings is 3. The smallest absolute Gasteiger partial charge is 0.0840 e. The van der Waals surface area contributed by atoms with Gasteiger partial charge in [0.25, 0.3) is 0 Å². The quantitative estimate of drug-likeness (QED) is 0.681. The van der Waals surface area contributed by atoms with E-state index < -0.39 is 5.60 Å². The standard InChI is InChI=1S/C24H24O/c1-23(2,25)19-15-13-18(14-16-19)22-17-24(22,20-9-5-3-6-10-20)21-11-7-4-8-12-21/h3-16,22,25H,17H2,1-2H3. The van der Waals surface area contributed by atoms with E-state index in [4.69, 9.17) is 0 Å². The highest BCUT2D eigenvalue weighted by molar-refractivity contribution is 5.53. The first-order valence-corrected chi connectivity index (χ1v) is 8.96. The van der Waals surface area contributed by atoms with E-state index in [1.165, 1.54) is 16.7 Å². The number of aliphatic hydroxyl groups is 1. The van der Waals surface area contributed by atoms with Gasteiger partial charge in [-0.25, -0.2) is 0 Å². The molecule has 1 fully saturated rings. The first-order valence-electron chi connectivity index (χ1n) is 8.96. The fourth-order valence-corrected chi connectivity index (χ4v) is 4.06. The Morgan fingerprint density at radius 2 is 1.24 bits per heavy atom. The molecule has 0 aliphatic heterocycles. The average Bonchev–Trinajstić information content (AvgIpc) is 3.40. The van der Waals surface area contributed by atoms with E-state index in [1.807, 2.05) is 13.8 Å². The average molecular weight is 328 g/mol. The van der Waals surface area contributed by atoms with Crippen molar-refractivity contribution in [3.05, 3.63) is 107 Å². The van der Waals surface area contributed by atoms with Crippen molar-refractivity contribution in [2.75, 3.05) is 0 Å². The molecular weight excluding hydrogens is 304 g/mol. The molecule has 1 nitrogen and oxygen atoms in total. The van der Waals surface area contributed by atoms with Crippen molar-refractivity contribution in [3.8, 4) is 0 Å². The summed E-state index contributed by atoms with van der Waals surface area (Å²) >= 11 is 0. The lowest BCUT2D eigenvalue weighted by Crippen LogP contribution is -2.15. The SMILES string of the molecule is CC(C)(O)c1ccc(C2CC2(c2ccccc2)c2ccccc2)cc1. The first-order chi connectivity index (χ1) is 12.0. The van der Waals surface area contributed by atoms with Gasteiger partial charge in [-0.15, -0.1) is 0 Å². The molecule has 0 amide bonds. The summed E-state index contributed by atoms with van der Waals surface area (Å²) in [7, 11) is 0. The highest BCUT2D eigenvalue weighted by Crippen LogP contribution is 2.64. The molecule has 0 radical (unpaired) electrons. The van der Waals surface area contributed by atoms with Gasteiger partial charge in [0.15, 0.2) is 0 Å². The van der Waals surface area contributed by atoms with Crippen LogP contribution in [-0.4, -0.2) is 5.11 Å². The third-order valence-electron chi connectivity index (χ3n) is 5.56. The molecule has 1 heteroatoms. The third-order valence-corrected chi connectivity index (χ3v) is 5.56. The molecule has 0 spiro atoms. The molecule has 1 aliphatic rings. The normalized spacial score (nSPS) is 18.8. The zero-order valence-corrected chi connectivity index (χ0v) is 14.8. The molecule has 3 aromatic rings. The molecular formula is C24H24O. The molecule has 4 rings (SSSR count). The molecule has 126 valence electrons. The van der Waals surface area contributed by atoms with E-state index in [0.29, 0.717) is 5.92 Å². The Hall–Kier alpha value is -2.38. The Labute approximate surface area is 150 Å². The third kappa shape index (κ3) is 2.79. The summed E-state index contributed by atoms with van der Waals surface area (Å²) in [5, 5.41) is 10.2. The molecule has 0 heterocycles. The second-order valence-electron chi connectivity index (χ2n) is 7.64. The fraction of sp³-hybridized carbons (Fsp3) is 0.250. The predicted molar refractivity (Wildman–Crippen MR) is 103 cm³/mol. The van der Waals surface area contributed by atoms with Crippen molar-refractivity contribution in [1.29, 1.82) is 0 Å². The predicted octanol–water partition coefficient (Wildman–Crippen LogP) is 5.39. The molecule has 0 aromatic heterocycles. The molecule has 0 bridgehead atoms. The van der Waals surface area contributed by atoms with Crippen LogP contribution in [0.5, 0.6) is 0 Å². The van der Waals surface area contributed by atoms with Gasteiger partial charge < -0.3 is 5.11 Å². The van der Waals surface area contributed by atoms with E-state index in [1.54, 1.807) is 0 Å². The first kappa shape index (κ1) is 16.1. The summed E-state index contributed by atoms with van der Waals surface area (Å²) < 4.78 is 0. The van der Waals surface area contributed by atoms with Crippen molar-refractivity contribution in [1.82, 2.24) is 0 Å². The van der Waals surface area contributed by atoms with Gasteiger partial charge >= 0.3 is 0 Å². The van der Waals surface area contributed by atoms with Gasteiger partial charge in [0.2, 0.25) is 0 Å². The summed E-state index contributed by atoms with van der Waals surface area (Å²) in [6.07, 6.45) is 1.13. The Morgan fingerprint density at radius 1 is 0.760 bits per heavy atom. The maximum atomic E-state index is 10.2. The van der Waals surface area contributed by atoms with Crippen LogP contribution in [0.2, 0.25) is 0 Å². The maximum Gasteiger partial charge on any atom is 0.0840 e. The zero-order chi connectivity index (χ0) is 17.5. The number of hydrogen-bond acceptors (Lipinski definition) is 1. The van der Waals surface area contributed by atoms with E-state index in [2.05, 4.69) is 84.9 Å². The van der Waals surface area contributed by atoms with Crippen LogP contribution in [0, 0.1) is 0 Å². The minimum absolute atomic E-state index is 0.0682. The summed E-state index contributed by atoms with van der Waals surface area (Å²) in [5.41, 5.74) is 4.36. The monoisotopic (exact) mass is 328 g/mol. The molecule has 0 saturated heterocycles. The van der Waals surface area contributed by atoms with Gasteiger partial charge in [-0.2, -0.15) is 0 Å². The topological polar surface area (TPSA) is 20.2 Å². The van der Waals surface area contributed by atoms with Crippen molar-refractivity contribution in [2.24, 2.45) is 0 Å². The van der Waals surface area contributed by atoms with Crippen LogP contribution in [-0.2, 0) is 11.0 Å². The number of rotatable bonds is 4. The second kappa shape index (κ2) is 5.86. The van der Waals surface area contributed by atoms with Crippen molar-refractivity contribution < 1.29 is 5.11 Å². The van der Waals surface area contributed by atoms with E-state index in [-0.39, 0.29) is 5.41 Å².